The van der Waals surface area contributed by atoms with Crippen LogP contribution in [0.25, 0.3) is 0 Å². The van der Waals surface area contributed by atoms with Crippen molar-refractivity contribution in [2.24, 2.45) is 4.99 Å². The number of aliphatic imine (C=N–C) groups is 1. The number of anilines is 1. The number of nitrogens with zero attached hydrogens (tertiary/aromatic N) is 3. The molecule has 0 atom stereocenters. The lowest BCUT2D eigenvalue weighted by molar-refractivity contribution is 0.504. The van der Waals surface area contributed by atoms with Gasteiger partial charge in [0.2, 0.25) is 0 Å². The first-order valence-electron chi connectivity index (χ1n) is 8.79. The fourth-order valence-electron chi connectivity index (χ4n) is 2.78. The van der Waals surface area contributed by atoms with Crippen molar-refractivity contribution in [1.82, 2.24) is 9.97 Å². The van der Waals surface area contributed by atoms with Gasteiger partial charge in [0.25, 0.3) is 0 Å². The molecule has 128 valence electrons. The minimum atomic E-state index is 0.468. The lowest BCUT2D eigenvalue weighted by Crippen LogP contribution is -2.01. The van der Waals surface area contributed by atoms with Crippen LogP contribution in [0.15, 0.2) is 35.6 Å². The Hall–Kier alpha value is -2.23. The summed E-state index contributed by atoms with van der Waals surface area (Å²) in [4.78, 5) is 12.4. The van der Waals surface area contributed by atoms with Crippen LogP contribution in [0.1, 0.15) is 60.9 Å². The highest BCUT2D eigenvalue weighted by atomic mass is 14.9. The number of nitrogens with two attached hydrogens (primary N) is 1. The van der Waals surface area contributed by atoms with E-state index in [4.69, 9.17) is 5.73 Å². The molecule has 0 radical (unpaired) electrons. The molecule has 0 amide bonds. The van der Waals surface area contributed by atoms with Crippen molar-refractivity contribution >= 4 is 12.0 Å². The van der Waals surface area contributed by atoms with Crippen LogP contribution in [0, 0.1) is 13.8 Å². The number of rotatable bonds is 3. The quantitative estimate of drug-likeness (QED) is 0.837. The molecule has 4 nitrogen and oxygen atoms in total. The summed E-state index contributed by atoms with van der Waals surface area (Å²) in [5, 5.41) is 0. The zero-order chi connectivity index (χ0) is 17.2. The molecule has 0 unspecified atom stereocenters. The van der Waals surface area contributed by atoms with E-state index in [0.29, 0.717) is 12.4 Å². The maximum atomic E-state index is 5.78. The lowest BCUT2D eigenvalue weighted by Gasteiger charge is -2.05. The van der Waals surface area contributed by atoms with Crippen molar-refractivity contribution in [3.63, 3.8) is 0 Å². The van der Waals surface area contributed by atoms with Gasteiger partial charge >= 0.3 is 0 Å². The van der Waals surface area contributed by atoms with Crippen LogP contribution in [0.3, 0.4) is 0 Å². The molecule has 2 N–H and O–H groups in total. The fourth-order valence-corrected chi connectivity index (χ4v) is 2.78. The highest BCUT2D eigenvalue weighted by Crippen LogP contribution is 2.15. The molecule has 1 aliphatic carbocycles. The van der Waals surface area contributed by atoms with Gasteiger partial charge in [0, 0.05) is 6.21 Å². The molecule has 4 heteroatoms. The normalized spacial score (nSPS) is 14.2. The van der Waals surface area contributed by atoms with Crippen LogP contribution in [0.2, 0.25) is 0 Å². The minimum absolute atomic E-state index is 0.468. The smallest absolute Gasteiger partial charge is 0.135 e. The zero-order valence-electron chi connectivity index (χ0n) is 14.8. The minimum Gasteiger partial charge on any atom is -0.383 e. The summed E-state index contributed by atoms with van der Waals surface area (Å²) in [5.41, 5.74) is 9.84. The summed E-state index contributed by atoms with van der Waals surface area (Å²) in [7, 11) is 0. The first-order valence-corrected chi connectivity index (χ1v) is 8.79. The van der Waals surface area contributed by atoms with Gasteiger partial charge in [-0.3, -0.25) is 4.99 Å². The summed E-state index contributed by atoms with van der Waals surface area (Å²) in [6, 6.07) is 8.28. The fraction of sp³-hybridized carbons (Fsp3) is 0.450. The van der Waals surface area contributed by atoms with E-state index in [1.165, 1.54) is 56.0 Å². The van der Waals surface area contributed by atoms with Gasteiger partial charge in [0.15, 0.2) is 0 Å². The van der Waals surface area contributed by atoms with Crippen molar-refractivity contribution in [2.45, 2.75) is 58.9 Å². The van der Waals surface area contributed by atoms with E-state index in [-0.39, 0.29) is 0 Å². The number of hydrogen-bond acceptors (Lipinski definition) is 4. The lowest BCUT2D eigenvalue weighted by atomic mass is 10.0. The third-order valence-electron chi connectivity index (χ3n) is 4.19. The Bertz CT molecular complexity index is 629. The zero-order valence-corrected chi connectivity index (χ0v) is 14.8. The first-order chi connectivity index (χ1) is 11.7. The number of aryl methyl sites for hydroxylation is 2. The summed E-state index contributed by atoms with van der Waals surface area (Å²) >= 11 is 0. The van der Waals surface area contributed by atoms with Gasteiger partial charge in [-0.05, 0) is 19.4 Å². The molecule has 1 aromatic heterocycles. The summed E-state index contributed by atoms with van der Waals surface area (Å²) < 4.78 is 0. The summed E-state index contributed by atoms with van der Waals surface area (Å²) in [5.74, 6) is 0.468. The van der Waals surface area contributed by atoms with Gasteiger partial charge < -0.3 is 5.73 Å². The predicted molar refractivity (Wildman–Crippen MR) is 101 cm³/mol. The molecule has 0 bridgehead atoms. The SMILES string of the molecule is C1CCCCC1.Cc1cccc(CN=Cc2c(C)ncnc2N)c1. The van der Waals surface area contributed by atoms with Crippen molar-refractivity contribution in [2.75, 3.05) is 5.73 Å². The molecule has 24 heavy (non-hydrogen) atoms. The van der Waals surface area contributed by atoms with Crippen LogP contribution < -0.4 is 5.73 Å². The van der Waals surface area contributed by atoms with Crippen molar-refractivity contribution in [3.05, 3.63) is 53.0 Å². The van der Waals surface area contributed by atoms with Gasteiger partial charge in [-0.25, -0.2) is 9.97 Å². The van der Waals surface area contributed by atoms with Crippen molar-refractivity contribution in [3.8, 4) is 0 Å². The van der Waals surface area contributed by atoms with E-state index in [0.717, 1.165) is 11.3 Å². The highest BCUT2D eigenvalue weighted by molar-refractivity contribution is 5.86. The van der Waals surface area contributed by atoms with Crippen LogP contribution >= 0.6 is 0 Å². The molecular formula is C20H28N4. The molecule has 1 aromatic carbocycles. The molecule has 1 aliphatic rings. The van der Waals surface area contributed by atoms with Gasteiger partial charge in [-0.15, -0.1) is 0 Å². The third kappa shape index (κ3) is 6.11. The molecule has 0 spiro atoms. The molecule has 1 heterocycles. The second-order valence-corrected chi connectivity index (χ2v) is 6.34. The summed E-state index contributed by atoms with van der Waals surface area (Å²) in [6.45, 7) is 4.60. The number of hydrogen-bond donors (Lipinski definition) is 1. The van der Waals surface area contributed by atoms with E-state index < -0.39 is 0 Å². The van der Waals surface area contributed by atoms with E-state index in [9.17, 15) is 0 Å². The average Bonchev–Trinajstić information content (AvgIpc) is 2.60. The van der Waals surface area contributed by atoms with Crippen LogP contribution in [-0.4, -0.2) is 16.2 Å². The largest absolute Gasteiger partial charge is 0.383 e. The Kier molecular flexibility index (Phi) is 7.40. The molecule has 1 saturated carbocycles. The third-order valence-corrected chi connectivity index (χ3v) is 4.19. The van der Waals surface area contributed by atoms with Gasteiger partial charge in [0.1, 0.15) is 12.1 Å². The summed E-state index contributed by atoms with van der Waals surface area (Å²) in [6.07, 6.45) is 12.2. The number of aromatic nitrogens is 2. The van der Waals surface area contributed by atoms with Crippen LogP contribution in [0.5, 0.6) is 0 Å². The van der Waals surface area contributed by atoms with E-state index in [1.54, 1.807) is 6.21 Å². The molecular weight excluding hydrogens is 296 g/mol. The van der Waals surface area contributed by atoms with E-state index in [1.807, 2.05) is 13.0 Å². The van der Waals surface area contributed by atoms with Gasteiger partial charge in [0.05, 0.1) is 17.8 Å². The van der Waals surface area contributed by atoms with Gasteiger partial charge in [-0.2, -0.15) is 0 Å². The second kappa shape index (κ2) is 9.81. The number of benzene rings is 1. The Morgan fingerprint density at radius 2 is 1.71 bits per heavy atom. The van der Waals surface area contributed by atoms with E-state index >= 15 is 0 Å². The Morgan fingerprint density at radius 1 is 1.04 bits per heavy atom. The standard InChI is InChI=1S/C14H16N4.C6H12/c1-10-4-3-5-12(6-10)7-16-8-13-11(2)17-9-18-14(13)15;1-2-4-6-5-3-1/h3-6,8-9H,7H2,1-2H3,(H2,15,17,18);1-6H2. The van der Waals surface area contributed by atoms with Crippen LogP contribution in [-0.2, 0) is 6.54 Å². The predicted octanol–water partition coefficient (Wildman–Crippen LogP) is 4.64. The second-order valence-electron chi connectivity index (χ2n) is 6.34. The maximum absolute atomic E-state index is 5.78. The van der Waals surface area contributed by atoms with Crippen LogP contribution in [0.4, 0.5) is 5.82 Å². The molecule has 2 aromatic rings. The average molecular weight is 324 g/mol. The molecule has 0 aliphatic heterocycles. The number of nitrogen functional groups attached to an aromatic ring is 1. The topological polar surface area (TPSA) is 64.2 Å². The highest BCUT2D eigenvalue weighted by Gasteiger charge is 2.01. The maximum Gasteiger partial charge on any atom is 0.135 e. The molecule has 1 fully saturated rings. The monoisotopic (exact) mass is 324 g/mol. The Labute approximate surface area is 145 Å². The Balaban J connectivity index is 0.000000292. The Morgan fingerprint density at radius 3 is 2.29 bits per heavy atom. The molecule has 3 rings (SSSR count). The van der Waals surface area contributed by atoms with Crippen molar-refractivity contribution in [1.29, 1.82) is 0 Å². The van der Waals surface area contributed by atoms with Crippen molar-refractivity contribution < 1.29 is 0 Å². The van der Waals surface area contributed by atoms with E-state index in [2.05, 4.69) is 40.1 Å². The molecule has 0 saturated heterocycles. The van der Waals surface area contributed by atoms with Gasteiger partial charge in [-0.1, -0.05) is 68.4 Å². The first kappa shape index (κ1) is 18.1.